The van der Waals surface area contributed by atoms with Gasteiger partial charge in [-0.1, -0.05) is 18.2 Å². The molecule has 94 valence electrons. The highest BCUT2D eigenvalue weighted by Gasteiger charge is 2.04. The second-order valence-corrected chi connectivity index (χ2v) is 3.92. The quantitative estimate of drug-likeness (QED) is 0.784. The van der Waals surface area contributed by atoms with E-state index in [1.54, 1.807) is 25.3 Å². The van der Waals surface area contributed by atoms with E-state index in [2.05, 4.69) is 10.6 Å². The Bertz CT molecular complexity index is 467. The molecular formula is C14H16N2O2. The number of ether oxygens (including phenoxy) is 1. The van der Waals surface area contributed by atoms with Crippen LogP contribution < -0.4 is 15.4 Å². The molecule has 2 rings (SSSR count). The van der Waals surface area contributed by atoms with Gasteiger partial charge in [0.2, 0.25) is 0 Å². The molecular weight excluding hydrogens is 228 g/mol. The highest BCUT2D eigenvalue weighted by molar-refractivity contribution is 6.02. The van der Waals surface area contributed by atoms with Gasteiger partial charge >= 0.3 is 0 Å². The molecule has 2 N–H and O–H groups in total. The summed E-state index contributed by atoms with van der Waals surface area (Å²) in [6.07, 6.45) is 4.90. The molecule has 0 amide bonds. The van der Waals surface area contributed by atoms with E-state index >= 15 is 0 Å². The van der Waals surface area contributed by atoms with Gasteiger partial charge in [-0.2, -0.15) is 0 Å². The lowest BCUT2D eigenvalue weighted by molar-refractivity contribution is -0.110. The number of rotatable bonds is 4. The molecule has 4 heteroatoms. The zero-order valence-electron chi connectivity index (χ0n) is 10.3. The van der Waals surface area contributed by atoms with Gasteiger partial charge in [-0.05, 0) is 23.8 Å². The van der Waals surface area contributed by atoms with E-state index in [4.69, 9.17) is 4.74 Å². The van der Waals surface area contributed by atoms with E-state index in [0.717, 1.165) is 30.2 Å². The van der Waals surface area contributed by atoms with Gasteiger partial charge in [0, 0.05) is 19.2 Å². The van der Waals surface area contributed by atoms with Crippen molar-refractivity contribution in [3.63, 3.8) is 0 Å². The lowest BCUT2D eigenvalue weighted by Gasteiger charge is -1.99. The van der Waals surface area contributed by atoms with Crippen LogP contribution in [0.3, 0.4) is 0 Å². The molecule has 1 saturated heterocycles. The van der Waals surface area contributed by atoms with E-state index < -0.39 is 0 Å². The first-order valence-corrected chi connectivity index (χ1v) is 5.83. The second kappa shape index (κ2) is 5.91. The first kappa shape index (κ1) is 12.2. The minimum absolute atomic E-state index is 0.0391. The summed E-state index contributed by atoms with van der Waals surface area (Å²) in [5, 5.41) is 6.16. The molecule has 0 aliphatic carbocycles. The van der Waals surface area contributed by atoms with Crippen molar-refractivity contribution in [3.05, 3.63) is 47.8 Å². The van der Waals surface area contributed by atoms with Gasteiger partial charge in [0.15, 0.2) is 5.78 Å². The molecule has 0 bridgehead atoms. The molecule has 1 aromatic rings. The smallest absolute Gasteiger partial charge is 0.182 e. The number of methoxy groups -OCH3 is 1. The van der Waals surface area contributed by atoms with Crippen molar-refractivity contribution < 1.29 is 9.53 Å². The molecule has 18 heavy (non-hydrogen) atoms. The molecule has 1 aliphatic rings. The Morgan fingerprint density at radius 2 is 1.89 bits per heavy atom. The van der Waals surface area contributed by atoms with E-state index in [-0.39, 0.29) is 5.78 Å². The Labute approximate surface area is 106 Å². The molecule has 1 heterocycles. The van der Waals surface area contributed by atoms with Gasteiger partial charge in [0.1, 0.15) is 11.6 Å². The number of carbonyl (C=O) groups is 1. The van der Waals surface area contributed by atoms with Crippen LogP contribution in [0.2, 0.25) is 0 Å². The normalized spacial score (nSPS) is 14.2. The largest absolute Gasteiger partial charge is 0.497 e. The first-order chi connectivity index (χ1) is 8.78. The van der Waals surface area contributed by atoms with Crippen LogP contribution in [0.4, 0.5) is 0 Å². The van der Waals surface area contributed by atoms with Crippen LogP contribution in [0.15, 0.2) is 42.2 Å². The Hall–Kier alpha value is -2.23. The first-order valence-electron chi connectivity index (χ1n) is 5.83. The number of carbonyl (C=O) groups excluding carboxylic acids is 1. The lowest BCUT2D eigenvalue weighted by atomic mass is 10.2. The van der Waals surface area contributed by atoms with Crippen molar-refractivity contribution in [3.8, 4) is 5.75 Å². The van der Waals surface area contributed by atoms with E-state index in [0.29, 0.717) is 0 Å². The van der Waals surface area contributed by atoms with Crippen LogP contribution in [-0.2, 0) is 4.79 Å². The average molecular weight is 244 g/mol. The maximum absolute atomic E-state index is 11.6. The van der Waals surface area contributed by atoms with Crippen molar-refractivity contribution in [2.24, 2.45) is 0 Å². The highest BCUT2D eigenvalue weighted by atomic mass is 16.5. The van der Waals surface area contributed by atoms with Crippen LogP contribution in [0.5, 0.6) is 5.75 Å². The number of nitrogens with one attached hydrogen (secondary N) is 2. The molecule has 4 nitrogen and oxygen atoms in total. The molecule has 0 radical (unpaired) electrons. The van der Waals surface area contributed by atoms with Crippen LogP contribution in [0.25, 0.3) is 6.08 Å². The van der Waals surface area contributed by atoms with E-state index in [9.17, 15) is 4.79 Å². The molecule has 0 atom stereocenters. The molecule has 1 fully saturated rings. The predicted molar refractivity (Wildman–Crippen MR) is 71.1 cm³/mol. The predicted octanol–water partition coefficient (Wildman–Crippen LogP) is 1.31. The van der Waals surface area contributed by atoms with Crippen LogP contribution >= 0.6 is 0 Å². The fourth-order valence-electron chi connectivity index (χ4n) is 1.64. The van der Waals surface area contributed by atoms with Gasteiger partial charge in [0.05, 0.1) is 7.11 Å². The third kappa shape index (κ3) is 3.38. The van der Waals surface area contributed by atoms with Crippen LogP contribution in [0.1, 0.15) is 5.56 Å². The van der Waals surface area contributed by atoms with E-state index in [1.807, 2.05) is 24.3 Å². The summed E-state index contributed by atoms with van der Waals surface area (Å²) in [6.45, 7) is 1.72. The second-order valence-electron chi connectivity index (χ2n) is 3.92. The molecule has 1 aromatic carbocycles. The van der Waals surface area contributed by atoms with Crippen molar-refractivity contribution in [2.45, 2.75) is 0 Å². The summed E-state index contributed by atoms with van der Waals surface area (Å²) in [6, 6.07) is 7.54. The van der Waals surface area contributed by atoms with Crippen molar-refractivity contribution >= 4 is 11.9 Å². The monoisotopic (exact) mass is 244 g/mol. The summed E-state index contributed by atoms with van der Waals surface area (Å²) in [4.78, 5) is 11.6. The van der Waals surface area contributed by atoms with Crippen LogP contribution in [-0.4, -0.2) is 26.0 Å². The number of ketones is 1. The third-order valence-corrected chi connectivity index (χ3v) is 2.60. The number of hydrogen-bond donors (Lipinski definition) is 2. The fourth-order valence-corrected chi connectivity index (χ4v) is 1.64. The fraction of sp³-hybridized carbons (Fsp3) is 0.214. The summed E-state index contributed by atoms with van der Waals surface area (Å²) < 4.78 is 5.07. The number of benzene rings is 1. The summed E-state index contributed by atoms with van der Waals surface area (Å²) >= 11 is 0. The minimum atomic E-state index is -0.0391. The Morgan fingerprint density at radius 1 is 1.22 bits per heavy atom. The number of hydrogen-bond acceptors (Lipinski definition) is 4. The maximum Gasteiger partial charge on any atom is 0.182 e. The average Bonchev–Trinajstić information content (AvgIpc) is 2.90. The third-order valence-electron chi connectivity index (χ3n) is 2.60. The zero-order valence-corrected chi connectivity index (χ0v) is 10.3. The molecule has 0 unspecified atom stereocenters. The van der Waals surface area contributed by atoms with E-state index in [1.165, 1.54) is 0 Å². The molecule has 0 aromatic heterocycles. The summed E-state index contributed by atoms with van der Waals surface area (Å²) in [7, 11) is 1.63. The van der Waals surface area contributed by atoms with Gasteiger partial charge in [-0.15, -0.1) is 0 Å². The van der Waals surface area contributed by atoms with Crippen LogP contribution in [0, 0.1) is 0 Å². The Balaban J connectivity index is 1.96. The van der Waals surface area contributed by atoms with Gasteiger partial charge < -0.3 is 15.4 Å². The van der Waals surface area contributed by atoms with Gasteiger partial charge in [-0.3, -0.25) is 4.79 Å². The zero-order chi connectivity index (χ0) is 12.8. The highest BCUT2D eigenvalue weighted by Crippen LogP contribution is 2.12. The van der Waals surface area contributed by atoms with Crippen molar-refractivity contribution in [1.82, 2.24) is 10.6 Å². The molecule has 0 spiro atoms. The lowest BCUT2D eigenvalue weighted by Crippen LogP contribution is -2.11. The standard InChI is InChI=1S/C14H16N2O2/c1-18-13-6-3-11(4-7-13)2-5-12(17)10-14-15-8-9-16-14/h2-7,10,15-16H,8-9H2,1H3/b5-2+. The Kier molecular flexibility index (Phi) is 4.02. The number of allylic oxidation sites excluding steroid dienone is 2. The maximum atomic E-state index is 11.6. The Morgan fingerprint density at radius 3 is 2.50 bits per heavy atom. The summed E-state index contributed by atoms with van der Waals surface area (Å²) in [5.41, 5.74) is 0.967. The van der Waals surface area contributed by atoms with Crippen molar-refractivity contribution in [2.75, 3.05) is 20.2 Å². The topological polar surface area (TPSA) is 50.4 Å². The van der Waals surface area contributed by atoms with Gasteiger partial charge in [-0.25, -0.2) is 0 Å². The van der Waals surface area contributed by atoms with Gasteiger partial charge in [0.25, 0.3) is 0 Å². The summed E-state index contributed by atoms with van der Waals surface area (Å²) in [5.74, 6) is 1.56. The minimum Gasteiger partial charge on any atom is -0.497 e. The molecule has 0 saturated carbocycles. The van der Waals surface area contributed by atoms with Crippen molar-refractivity contribution in [1.29, 1.82) is 0 Å². The molecule has 1 aliphatic heterocycles. The SMILES string of the molecule is COc1ccc(/C=C/C(=O)C=C2NCCN2)cc1.